The molecule has 0 bridgehead atoms. The van der Waals surface area contributed by atoms with Crippen LogP contribution < -0.4 is 21.0 Å². The third kappa shape index (κ3) is 5.09. The number of rotatable bonds is 6. The predicted molar refractivity (Wildman–Crippen MR) is 148 cm³/mol. The third-order valence-corrected chi connectivity index (χ3v) is 6.42. The predicted octanol–water partition coefficient (Wildman–Crippen LogP) is 3.27. The van der Waals surface area contributed by atoms with Crippen LogP contribution in [0.1, 0.15) is 5.69 Å². The van der Waals surface area contributed by atoms with Crippen LogP contribution in [0.3, 0.4) is 0 Å². The van der Waals surface area contributed by atoms with Gasteiger partial charge in [0, 0.05) is 55.5 Å². The normalized spacial score (nSPS) is 13.6. The first-order valence-corrected chi connectivity index (χ1v) is 12.1. The van der Waals surface area contributed by atoms with E-state index >= 15 is 0 Å². The van der Waals surface area contributed by atoms with Crippen molar-refractivity contribution in [3.8, 4) is 11.8 Å². The van der Waals surface area contributed by atoms with E-state index in [9.17, 15) is 14.9 Å². The summed E-state index contributed by atoms with van der Waals surface area (Å²) in [6.07, 6.45) is 2.62. The lowest BCUT2D eigenvalue weighted by atomic mass is 10.2. The smallest absolute Gasteiger partial charge is 0.247 e. The molecule has 1 saturated heterocycles. The van der Waals surface area contributed by atoms with E-state index in [1.807, 2.05) is 12.1 Å². The Morgan fingerprint density at radius 3 is 2.53 bits per heavy atom. The van der Waals surface area contributed by atoms with Crippen molar-refractivity contribution in [2.45, 2.75) is 0 Å². The maximum absolute atomic E-state index is 12.7. The zero-order valence-corrected chi connectivity index (χ0v) is 20.9. The standard InChI is InChI=1S/C28H26N8O2/c1-3-26(38)31-20-5-4-6-22(15-20)36-23(17-29)16-25(37)24-18-30-28(33-27(24)36)32-19-7-9-21(10-8-19)35-13-11-34(2)12-14-35/h3-10,15-16,18H,1,11-14H2,2H3,(H,31,38)(H,30,32,33). The minimum Gasteiger partial charge on any atom is -0.369 e. The van der Waals surface area contributed by atoms with Gasteiger partial charge < -0.3 is 20.4 Å². The molecule has 4 aromatic rings. The molecule has 10 heteroatoms. The summed E-state index contributed by atoms with van der Waals surface area (Å²) in [5, 5.41) is 16.0. The van der Waals surface area contributed by atoms with Gasteiger partial charge in [0.05, 0.1) is 11.1 Å². The van der Waals surface area contributed by atoms with E-state index in [4.69, 9.17) is 0 Å². The molecule has 10 nitrogen and oxygen atoms in total. The van der Waals surface area contributed by atoms with Crippen molar-refractivity contribution in [3.05, 3.63) is 89.4 Å². The number of carbonyl (C=O) groups excluding carboxylic acids is 1. The SMILES string of the molecule is C=CC(=O)Nc1cccc(-n2c(C#N)cc(=O)c3cnc(Nc4ccc(N5CCN(C)CC5)cc4)nc32)c1. The highest BCUT2D eigenvalue weighted by molar-refractivity contribution is 5.99. The van der Waals surface area contributed by atoms with E-state index < -0.39 is 0 Å². The first-order chi connectivity index (χ1) is 18.4. The van der Waals surface area contributed by atoms with Crippen LogP contribution in [0, 0.1) is 11.3 Å². The Morgan fingerprint density at radius 1 is 1.05 bits per heavy atom. The highest BCUT2D eigenvalue weighted by atomic mass is 16.1. The number of piperazine rings is 1. The van der Waals surface area contributed by atoms with Gasteiger partial charge in [-0.2, -0.15) is 10.2 Å². The van der Waals surface area contributed by atoms with Gasteiger partial charge in [-0.15, -0.1) is 0 Å². The first-order valence-electron chi connectivity index (χ1n) is 12.1. The van der Waals surface area contributed by atoms with Crippen LogP contribution in [0.4, 0.5) is 23.0 Å². The quantitative estimate of drug-likeness (QED) is 0.383. The van der Waals surface area contributed by atoms with Crippen molar-refractivity contribution < 1.29 is 4.79 Å². The molecule has 0 radical (unpaired) electrons. The van der Waals surface area contributed by atoms with Gasteiger partial charge in [-0.25, -0.2) is 4.98 Å². The van der Waals surface area contributed by atoms with Crippen LogP contribution in [0.15, 0.2) is 78.2 Å². The Bertz CT molecular complexity index is 1610. The molecule has 2 N–H and O–H groups in total. The number of nitrogens with one attached hydrogen (secondary N) is 2. The molecular formula is C28H26N8O2. The van der Waals surface area contributed by atoms with Crippen molar-refractivity contribution in [3.63, 3.8) is 0 Å². The summed E-state index contributed by atoms with van der Waals surface area (Å²) in [6, 6.07) is 18.3. The number of amides is 1. The number of hydrogen-bond donors (Lipinski definition) is 2. The van der Waals surface area contributed by atoms with Gasteiger partial charge >= 0.3 is 0 Å². The van der Waals surface area contributed by atoms with E-state index in [2.05, 4.69) is 62.2 Å². The van der Waals surface area contributed by atoms with Crippen LogP contribution in [0.2, 0.25) is 0 Å². The summed E-state index contributed by atoms with van der Waals surface area (Å²) in [7, 11) is 2.13. The van der Waals surface area contributed by atoms with Crippen molar-refractivity contribution in [2.75, 3.05) is 48.8 Å². The van der Waals surface area contributed by atoms with E-state index in [0.717, 1.165) is 37.6 Å². The molecule has 0 saturated carbocycles. The number of anilines is 4. The lowest BCUT2D eigenvalue weighted by Crippen LogP contribution is -2.44. The van der Waals surface area contributed by atoms with Crippen LogP contribution in [0.25, 0.3) is 16.7 Å². The van der Waals surface area contributed by atoms with E-state index in [1.54, 1.807) is 28.8 Å². The third-order valence-electron chi connectivity index (χ3n) is 6.42. The fourth-order valence-electron chi connectivity index (χ4n) is 4.37. The minimum atomic E-state index is -0.361. The number of carbonyl (C=O) groups is 1. The summed E-state index contributed by atoms with van der Waals surface area (Å²) in [4.78, 5) is 38.1. The zero-order valence-electron chi connectivity index (χ0n) is 20.9. The van der Waals surface area contributed by atoms with Gasteiger partial charge in [-0.1, -0.05) is 12.6 Å². The molecular weight excluding hydrogens is 480 g/mol. The van der Waals surface area contributed by atoms with E-state index in [1.165, 1.54) is 18.3 Å². The van der Waals surface area contributed by atoms with Gasteiger partial charge in [-0.3, -0.25) is 14.2 Å². The summed E-state index contributed by atoms with van der Waals surface area (Å²) in [5.41, 5.74) is 3.03. The number of benzene rings is 2. The molecule has 0 spiro atoms. The number of nitrogens with zero attached hydrogens (tertiary/aromatic N) is 6. The number of likely N-dealkylation sites (N-methyl/N-ethyl adjacent to an activating group) is 1. The molecule has 1 aliphatic heterocycles. The zero-order chi connectivity index (χ0) is 26.6. The Kier molecular flexibility index (Phi) is 6.84. The van der Waals surface area contributed by atoms with E-state index in [0.29, 0.717) is 11.4 Å². The van der Waals surface area contributed by atoms with Crippen LogP contribution in [-0.4, -0.2) is 58.6 Å². The minimum absolute atomic E-state index is 0.107. The van der Waals surface area contributed by atoms with Crippen molar-refractivity contribution in [1.29, 1.82) is 5.26 Å². The maximum Gasteiger partial charge on any atom is 0.247 e. The number of nitriles is 1. The Labute approximate surface area is 219 Å². The fraction of sp³-hybridized carbons (Fsp3) is 0.179. The second kappa shape index (κ2) is 10.5. The van der Waals surface area contributed by atoms with Crippen LogP contribution in [0.5, 0.6) is 0 Å². The number of fused-ring (bicyclic) bond motifs is 1. The summed E-state index contributed by atoms with van der Waals surface area (Å²) >= 11 is 0. The summed E-state index contributed by atoms with van der Waals surface area (Å²) < 4.78 is 1.57. The van der Waals surface area contributed by atoms with Crippen LogP contribution in [-0.2, 0) is 4.79 Å². The molecule has 190 valence electrons. The molecule has 0 aliphatic carbocycles. The fourth-order valence-corrected chi connectivity index (χ4v) is 4.37. The molecule has 1 aliphatic rings. The van der Waals surface area contributed by atoms with Gasteiger partial charge in [0.1, 0.15) is 11.8 Å². The number of aromatic nitrogens is 3. The average Bonchev–Trinajstić information content (AvgIpc) is 2.93. The number of pyridine rings is 1. The average molecular weight is 507 g/mol. The molecule has 38 heavy (non-hydrogen) atoms. The lowest BCUT2D eigenvalue weighted by molar-refractivity contribution is -0.111. The Hall–Kier alpha value is -5.01. The maximum atomic E-state index is 12.7. The molecule has 0 atom stereocenters. The molecule has 2 aromatic carbocycles. The van der Waals surface area contributed by atoms with Gasteiger partial charge in [-0.05, 0) is 55.6 Å². The van der Waals surface area contributed by atoms with Crippen molar-refractivity contribution in [2.24, 2.45) is 0 Å². The molecule has 0 unspecified atom stereocenters. The lowest BCUT2D eigenvalue weighted by Gasteiger charge is -2.34. The molecule has 5 rings (SSSR count). The Morgan fingerprint density at radius 2 is 1.82 bits per heavy atom. The summed E-state index contributed by atoms with van der Waals surface area (Å²) in [6.45, 7) is 7.49. The second-order valence-electron chi connectivity index (χ2n) is 8.98. The van der Waals surface area contributed by atoms with Gasteiger partial charge in [0.25, 0.3) is 0 Å². The highest BCUT2D eigenvalue weighted by Crippen LogP contribution is 2.24. The second-order valence-corrected chi connectivity index (χ2v) is 8.98. The highest BCUT2D eigenvalue weighted by Gasteiger charge is 2.16. The Balaban J connectivity index is 1.50. The largest absolute Gasteiger partial charge is 0.369 e. The van der Waals surface area contributed by atoms with Gasteiger partial charge in [0.2, 0.25) is 11.9 Å². The monoisotopic (exact) mass is 506 g/mol. The van der Waals surface area contributed by atoms with Crippen LogP contribution >= 0.6 is 0 Å². The van der Waals surface area contributed by atoms with E-state index in [-0.39, 0.29) is 34.0 Å². The summed E-state index contributed by atoms with van der Waals surface area (Å²) in [5.74, 6) is -0.0796. The topological polar surface area (TPSA) is 119 Å². The number of hydrogen-bond acceptors (Lipinski definition) is 8. The van der Waals surface area contributed by atoms with Crippen molar-refractivity contribution >= 4 is 40.0 Å². The molecule has 3 heterocycles. The first kappa shape index (κ1) is 24.7. The van der Waals surface area contributed by atoms with Crippen molar-refractivity contribution in [1.82, 2.24) is 19.4 Å². The molecule has 1 amide bonds. The molecule has 1 fully saturated rings. The van der Waals surface area contributed by atoms with Gasteiger partial charge in [0.15, 0.2) is 11.1 Å². The molecule has 2 aromatic heterocycles.